The molecule has 1 unspecified atom stereocenters. The molecule has 0 spiro atoms. The van der Waals surface area contributed by atoms with Gasteiger partial charge in [-0.05, 0) is 19.1 Å². The van der Waals surface area contributed by atoms with Crippen molar-refractivity contribution in [3.63, 3.8) is 0 Å². The molecule has 7 heteroatoms. The minimum atomic E-state index is -4.78. The fourth-order valence-electron chi connectivity index (χ4n) is 1.46. The first-order valence-electron chi connectivity index (χ1n) is 6.06. The van der Waals surface area contributed by atoms with Crippen LogP contribution in [0.25, 0.3) is 0 Å². The Kier molecular flexibility index (Phi) is 4.99. The van der Waals surface area contributed by atoms with E-state index in [0.717, 1.165) is 5.69 Å². The molecule has 0 aliphatic heterocycles. The lowest BCUT2D eigenvalue weighted by Gasteiger charge is -2.27. The van der Waals surface area contributed by atoms with E-state index in [2.05, 4.69) is 5.32 Å². The van der Waals surface area contributed by atoms with Crippen LogP contribution in [0, 0.1) is 0 Å². The summed E-state index contributed by atoms with van der Waals surface area (Å²) in [6.45, 7) is 1.11. The highest BCUT2D eigenvalue weighted by Gasteiger charge is 2.53. The molecule has 1 aromatic carbocycles. The molecule has 1 aromatic rings. The smallest absolute Gasteiger partial charge is 0.373 e. The van der Waals surface area contributed by atoms with Crippen molar-refractivity contribution in [2.24, 2.45) is 5.73 Å². The lowest BCUT2D eigenvalue weighted by molar-refractivity contribution is -0.187. The molecule has 0 bridgehead atoms. The predicted molar refractivity (Wildman–Crippen MR) is 71.4 cm³/mol. The Morgan fingerprint density at radius 2 is 1.85 bits per heavy atom. The van der Waals surface area contributed by atoms with Crippen molar-refractivity contribution in [3.8, 4) is 0 Å². The van der Waals surface area contributed by atoms with Gasteiger partial charge < -0.3 is 16.0 Å². The summed E-state index contributed by atoms with van der Waals surface area (Å²) in [7, 11) is 1.78. The first-order valence-corrected chi connectivity index (χ1v) is 6.06. The van der Waals surface area contributed by atoms with Gasteiger partial charge in [-0.15, -0.1) is 0 Å². The summed E-state index contributed by atoms with van der Waals surface area (Å²) < 4.78 is 37.6. The zero-order valence-electron chi connectivity index (χ0n) is 11.4. The van der Waals surface area contributed by atoms with Gasteiger partial charge in [-0.25, -0.2) is 0 Å². The molecule has 0 saturated carbocycles. The van der Waals surface area contributed by atoms with Crippen molar-refractivity contribution in [1.82, 2.24) is 5.32 Å². The van der Waals surface area contributed by atoms with E-state index in [1.807, 2.05) is 35.2 Å². The number of rotatable bonds is 5. The van der Waals surface area contributed by atoms with Gasteiger partial charge in [0.05, 0.1) is 0 Å². The monoisotopic (exact) mass is 289 g/mol. The number of anilines is 1. The molecule has 0 fully saturated rings. The molecule has 0 radical (unpaired) electrons. The molecule has 3 N–H and O–H groups in total. The normalized spacial score (nSPS) is 14.5. The lowest BCUT2D eigenvalue weighted by atomic mass is 10.0. The molecule has 1 rings (SSSR count). The molecule has 1 amide bonds. The summed E-state index contributed by atoms with van der Waals surface area (Å²) >= 11 is 0. The molecule has 112 valence electrons. The van der Waals surface area contributed by atoms with Crippen LogP contribution in [-0.2, 0) is 4.79 Å². The standard InChI is InChI=1S/C13H18F3N3O/c1-12(17,13(14,15)16)11(20)18-8-9-19(2)10-6-4-3-5-7-10/h3-7H,8-9,17H2,1-2H3,(H,18,20). The SMILES string of the molecule is CN(CCNC(=O)C(C)(N)C(F)(F)F)c1ccccc1. The van der Waals surface area contributed by atoms with Crippen molar-refractivity contribution in [2.45, 2.75) is 18.6 Å². The fourth-order valence-corrected chi connectivity index (χ4v) is 1.46. The van der Waals surface area contributed by atoms with Crippen molar-refractivity contribution < 1.29 is 18.0 Å². The van der Waals surface area contributed by atoms with Crippen molar-refractivity contribution in [3.05, 3.63) is 30.3 Å². The van der Waals surface area contributed by atoms with E-state index in [0.29, 0.717) is 13.5 Å². The van der Waals surface area contributed by atoms with E-state index in [4.69, 9.17) is 5.73 Å². The lowest BCUT2D eigenvalue weighted by Crippen LogP contribution is -2.61. The van der Waals surface area contributed by atoms with Crippen LogP contribution in [0.5, 0.6) is 0 Å². The maximum atomic E-state index is 12.5. The average Bonchev–Trinajstić information content (AvgIpc) is 2.38. The number of benzene rings is 1. The highest BCUT2D eigenvalue weighted by molar-refractivity contribution is 5.86. The third kappa shape index (κ3) is 3.86. The van der Waals surface area contributed by atoms with Crippen LogP contribution >= 0.6 is 0 Å². The zero-order chi connectivity index (χ0) is 15.4. The van der Waals surface area contributed by atoms with E-state index in [1.54, 1.807) is 7.05 Å². The van der Waals surface area contributed by atoms with Gasteiger partial charge in [-0.3, -0.25) is 4.79 Å². The van der Waals surface area contributed by atoms with Gasteiger partial charge in [0.2, 0.25) is 5.91 Å². The Labute approximate surface area is 115 Å². The molecule has 0 saturated heterocycles. The van der Waals surface area contributed by atoms with Gasteiger partial charge >= 0.3 is 6.18 Å². The molecular formula is C13H18F3N3O. The Balaban J connectivity index is 2.47. The summed E-state index contributed by atoms with van der Waals surface area (Å²) in [5, 5.41) is 2.20. The number of hydrogen-bond donors (Lipinski definition) is 2. The molecular weight excluding hydrogens is 271 g/mol. The van der Waals surface area contributed by atoms with Crippen LogP contribution in [0.15, 0.2) is 30.3 Å². The van der Waals surface area contributed by atoms with Crippen LogP contribution in [-0.4, -0.2) is 37.8 Å². The molecule has 4 nitrogen and oxygen atoms in total. The fraction of sp³-hybridized carbons (Fsp3) is 0.462. The third-order valence-corrected chi connectivity index (χ3v) is 2.99. The Bertz CT molecular complexity index is 446. The summed E-state index contributed by atoms with van der Waals surface area (Å²) in [4.78, 5) is 13.3. The van der Waals surface area contributed by atoms with Crippen molar-refractivity contribution in [2.75, 3.05) is 25.0 Å². The van der Waals surface area contributed by atoms with Crippen molar-refractivity contribution >= 4 is 11.6 Å². The molecule has 20 heavy (non-hydrogen) atoms. The van der Waals surface area contributed by atoms with Gasteiger partial charge in [-0.2, -0.15) is 13.2 Å². The van der Waals surface area contributed by atoms with Crippen LogP contribution in [0.3, 0.4) is 0 Å². The van der Waals surface area contributed by atoms with Crippen LogP contribution < -0.4 is 16.0 Å². The zero-order valence-corrected chi connectivity index (χ0v) is 11.4. The average molecular weight is 289 g/mol. The van der Waals surface area contributed by atoms with Crippen LogP contribution in [0.1, 0.15) is 6.92 Å². The van der Waals surface area contributed by atoms with Crippen molar-refractivity contribution in [1.29, 1.82) is 0 Å². The number of hydrogen-bond acceptors (Lipinski definition) is 3. The van der Waals surface area contributed by atoms with E-state index in [1.165, 1.54) is 0 Å². The van der Waals surface area contributed by atoms with E-state index >= 15 is 0 Å². The second kappa shape index (κ2) is 6.13. The minimum Gasteiger partial charge on any atom is -0.373 e. The summed E-state index contributed by atoms with van der Waals surface area (Å²) in [6, 6.07) is 9.30. The largest absolute Gasteiger partial charge is 0.415 e. The maximum Gasteiger partial charge on any atom is 0.415 e. The van der Waals surface area contributed by atoms with Gasteiger partial charge in [0.15, 0.2) is 5.54 Å². The number of carbonyl (C=O) groups excluding carboxylic acids is 1. The number of nitrogens with zero attached hydrogens (tertiary/aromatic N) is 1. The number of likely N-dealkylation sites (N-methyl/N-ethyl adjacent to an activating group) is 1. The first kappa shape index (κ1) is 16.3. The van der Waals surface area contributed by atoms with Gasteiger partial charge in [0.25, 0.3) is 0 Å². The van der Waals surface area contributed by atoms with E-state index < -0.39 is 17.6 Å². The Morgan fingerprint density at radius 1 is 1.30 bits per heavy atom. The van der Waals surface area contributed by atoms with E-state index in [-0.39, 0.29) is 6.54 Å². The quantitative estimate of drug-likeness (QED) is 0.864. The number of nitrogens with two attached hydrogens (primary N) is 1. The maximum absolute atomic E-state index is 12.5. The van der Waals surface area contributed by atoms with Gasteiger partial charge in [0, 0.05) is 25.8 Å². The Hall–Kier alpha value is -1.76. The molecule has 0 aromatic heterocycles. The minimum absolute atomic E-state index is 0.0765. The summed E-state index contributed by atoms with van der Waals surface area (Å²) in [6.07, 6.45) is -4.78. The second-order valence-corrected chi connectivity index (χ2v) is 4.71. The Morgan fingerprint density at radius 3 is 2.35 bits per heavy atom. The number of para-hydroxylation sites is 1. The summed E-state index contributed by atoms with van der Waals surface area (Å²) in [5.74, 6) is -1.23. The first-order chi connectivity index (χ1) is 9.16. The second-order valence-electron chi connectivity index (χ2n) is 4.71. The number of amides is 1. The topological polar surface area (TPSA) is 58.4 Å². The molecule has 0 aliphatic rings. The molecule has 0 aliphatic carbocycles. The molecule has 1 atom stereocenters. The highest BCUT2D eigenvalue weighted by Crippen LogP contribution is 2.27. The predicted octanol–water partition coefficient (Wildman–Crippen LogP) is 1.52. The van der Waals surface area contributed by atoms with Crippen LogP contribution in [0.4, 0.5) is 18.9 Å². The molecule has 0 heterocycles. The third-order valence-electron chi connectivity index (χ3n) is 2.99. The van der Waals surface area contributed by atoms with Crippen LogP contribution in [0.2, 0.25) is 0 Å². The number of halogens is 3. The number of carbonyl (C=O) groups is 1. The van der Waals surface area contributed by atoms with E-state index in [9.17, 15) is 18.0 Å². The number of nitrogens with one attached hydrogen (secondary N) is 1. The van der Waals surface area contributed by atoms with Gasteiger partial charge in [0.1, 0.15) is 0 Å². The number of alkyl halides is 3. The van der Waals surface area contributed by atoms with Gasteiger partial charge in [-0.1, -0.05) is 18.2 Å². The summed E-state index contributed by atoms with van der Waals surface area (Å²) in [5.41, 5.74) is 3.05. The highest BCUT2D eigenvalue weighted by atomic mass is 19.4.